The highest BCUT2D eigenvalue weighted by Crippen LogP contribution is 2.29. The van der Waals surface area contributed by atoms with Crippen molar-refractivity contribution in [1.82, 2.24) is 25.5 Å². The van der Waals surface area contributed by atoms with Gasteiger partial charge in [0.2, 0.25) is 5.91 Å². The van der Waals surface area contributed by atoms with Crippen LogP contribution in [0.25, 0.3) is 5.69 Å². The quantitative estimate of drug-likeness (QED) is 0.589. The summed E-state index contributed by atoms with van der Waals surface area (Å²) < 4.78 is 36.0. The van der Waals surface area contributed by atoms with E-state index in [1.165, 1.54) is 24.2 Å². The van der Waals surface area contributed by atoms with Crippen LogP contribution in [0.4, 0.5) is 8.78 Å². The fraction of sp³-hybridized carbons (Fsp3) is 0.263. The Morgan fingerprint density at radius 3 is 2.55 bits per heavy atom. The van der Waals surface area contributed by atoms with Crippen molar-refractivity contribution < 1.29 is 23.0 Å². The fourth-order valence-electron chi connectivity index (χ4n) is 2.70. The summed E-state index contributed by atoms with van der Waals surface area (Å²) in [4.78, 5) is 12.1. The summed E-state index contributed by atoms with van der Waals surface area (Å²) in [6.45, 7) is -2.58. The second-order valence-electron chi connectivity index (χ2n) is 6.06. The molecule has 0 atom stereocenters. The second-order valence-corrected chi connectivity index (χ2v) is 6.06. The zero-order valence-electron chi connectivity index (χ0n) is 15.6. The minimum Gasteiger partial charge on any atom is -0.493 e. The summed E-state index contributed by atoms with van der Waals surface area (Å²) in [7, 11) is 1.38. The van der Waals surface area contributed by atoms with E-state index in [1.54, 1.807) is 12.1 Å². The minimum absolute atomic E-state index is 0.0333. The highest BCUT2D eigenvalue weighted by atomic mass is 19.3. The Balaban J connectivity index is 1.49. The largest absolute Gasteiger partial charge is 0.493 e. The Bertz CT molecular complexity index is 934. The highest BCUT2D eigenvalue weighted by Gasteiger charge is 2.11. The Hall–Kier alpha value is -3.56. The monoisotopic (exact) mass is 403 g/mol. The van der Waals surface area contributed by atoms with E-state index in [9.17, 15) is 13.6 Å². The van der Waals surface area contributed by atoms with Crippen molar-refractivity contribution in [3.8, 4) is 17.2 Å². The summed E-state index contributed by atoms with van der Waals surface area (Å²) in [6.07, 6.45) is 2.17. The van der Waals surface area contributed by atoms with E-state index >= 15 is 0 Å². The first-order valence-corrected chi connectivity index (χ1v) is 8.76. The summed E-state index contributed by atoms with van der Waals surface area (Å²) in [5.74, 6) is 0.0509. The number of methoxy groups -OCH3 is 1. The number of amides is 1. The first-order valence-electron chi connectivity index (χ1n) is 8.76. The van der Waals surface area contributed by atoms with Crippen molar-refractivity contribution in [1.29, 1.82) is 0 Å². The van der Waals surface area contributed by atoms with E-state index in [1.807, 2.05) is 24.3 Å². The molecule has 0 fully saturated rings. The second kappa shape index (κ2) is 9.58. The van der Waals surface area contributed by atoms with Crippen LogP contribution in [0.2, 0.25) is 0 Å². The van der Waals surface area contributed by atoms with E-state index < -0.39 is 6.61 Å². The Kier molecular flexibility index (Phi) is 6.67. The number of halogens is 2. The molecule has 3 rings (SSSR count). The lowest BCUT2D eigenvalue weighted by Crippen LogP contribution is -2.27. The van der Waals surface area contributed by atoms with E-state index in [-0.39, 0.29) is 23.8 Å². The standard InChI is InChI=1S/C19H19F2N5O3/c1-28-16-7-4-14(10-17(16)29-19(20)21)8-9-22-18(27)11-13-2-5-15(6-3-13)26-12-23-24-25-26/h2-7,10,12,19H,8-9,11H2,1H3,(H,22,27). The van der Waals surface area contributed by atoms with Gasteiger partial charge >= 0.3 is 6.61 Å². The summed E-state index contributed by atoms with van der Waals surface area (Å²) in [6, 6.07) is 12.1. The minimum atomic E-state index is -2.94. The molecule has 2 aromatic carbocycles. The van der Waals surface area contributed by atoms with Crippen molar-refractivity contribution in [2.45, 2.75) is 19.5 Å². The van der Waals surface area contributed by atoms with Gasteiger partial charge in [-0.15, -0.1) is 5.10 Å². The van der Waals surface area contributed by atoms with Gasteiger partial charge in [-0.1, -0.05) is 18.2 Å². The van der Waals surface area contributed by atoms with Gasteiger partial charge in [0.25, 0.3) is 0 Å². The van der Waals surface area contributed by atoms with Crippen LogP contribution in [0.15, 0.2) is 48.8 Å². The van der Waals surface area contributed by atoms with Crippen LogP contribution in [0.1, 0.15) is 11.1 Å². The number of rotatable bonds is 9. The molecule has 0 aliphatic heterocycles. The molecule has 0 aliphatic carbocycles. The summed E-state index contributed by atoms with van der Waals surface area (Å²) in [5.41, 5.74) is 2.38. The van der Waals surface area contributed by atoms with Gasteiger partial charge in [0.05, 0.1) is 19.2 Å². The third kappa shape index (κ3) is 5.71. The van der Waals surface area contributed by atoms with Gasteiger partial charge in [-0.25, -0.2) is 4.68 Å². The lowest BCUT2D eigenvalue weighted by Gasteiger charge is -2.12. The van der Waals surface area contributed by atoms with Gasteiger partial charge in [0.1, 0.15) is 6.33 Å². The molecule has 1 aromatic heterocycles. The molecule has 29 heavy (non-hydrogen) atoms. The van der Waals surface area contributed by atoms with Gasteiger partial charge in [0, 0.05) is 6.54 Å². The van der Waals surface area contributed by atoms with E-state index in [2.05, 4.69) is 25.6 Å². The van der Waals surface area contributed by atoms with Crippen LogP contribution in [0, 0.1) is 0 Å². The van der Waals surface area contributed by atoms with Crippen molar-refractivity contribution in [2.75, 3.05) is 13.7 Å². The molecule has 0 spiro atoms. The maximum absolute atomic E-state index is 12.5. The molecule has 0 unspecified atom stereocenters. The zero-order valence-corrected chi connectivity index (χ0v) is 15.6. The third-order valence-electron chi connectivity index (χ3n) is 4.09. The first kappa shape index (κ1) is 20.2. The number of carbonyl (C=O) groups excluding carboxylic acids is 1. The first-order chi connectivity index (χ1) is 14.0. The molecule has 0 aliphatic rings. The van der Waals surface area contributed by atoms with Gasteiger partial charge in [-0.05, 0) is 52.2 Å². The molecule has 152 valence electrons. The van der Waals surface area contributed by atoms with Crippen LogP contribution in [0.5, 0.6) is 11.5 Å². The number of carbonyl (C=O) groups is 1. The van der Waals surface area contributed by atoms with Gasteiger partial charge in [-0.3, -0.25) is 4.79 Å². The number of hydrogen-bond acceptors (Lipinski definition) is 6. The molecule has 0 saturated heterocycles. The van der Waals surface area contributed by atoms with Crippen LogP contribution in [0.3, 0.4) is 0 Å². The van der Waals surface area contributed by atoms with Gasteiger partial charge < -0.3 is 14.8 Å². The number of nitrogens with zero attached hydrogens (tertiary/aromatic N) is 4. The van der Waals surface area contributed by atoms with Crippen LogP contribution >= 0.6 is 0 Å². The Morgan fingerprint density at radius 2 is 1.90 bits per heavy atom. The maximum Gasteiger partial charge on any atom is 0.387 e. The Morgan fingerprint density at radius 1 is 1.14 bits per heavy atom. The molecular weight excluding hydrogens is 384 g/mol. The molecule has 1 N–H and O–H groups in total. The number of tetrazole rings is 1. The van der Waals surface area contributed by atoms with Gasteiger partial charge in [0.15, 0.2) is 11.5 Å². The normalized spacial score (nSPS) is 10.8. The van der Waals surface area contributed by atoms with Crippen LogP contribution in [-0.4, -0.2) is 46.4 Å². The SMILES string of the molecule is COc1ccc(CCNC(=O)Cc2ccc(-n3cnnn3)cc2)cc1OC(F)F. The molecule has 8 nitrogen and oxygen atoms in total. The van der Waals surface area contributed by atoms with E-state index in [0.29, 0.717) is 13.0 Å². The average Bonchev–Trinajstić information content (AvgIpc) is 3.23. The van der Waals surface area contributed by atoms with E-state index in [0.717, 1.165) is 16.8 Å². The molecule has 3 aromatic rings. The van der Waals surface area contributed by atoms with Crippen LogP contribution < -0.4 is 14.8 Å². The number of hydrogen-bond donors (Lipinski definition) is 1. The number of alkyl halides is 2. The topological polar surface area (TPSA) is 91.2 Å². The third-order valence-corrected chi connectivity index (χ3v) is 4.09. The summed E-state index contributed by atoms with van der Waals surface area (Å²) >= 11 is 0. The molecule has 1 amide bonds. The van der Waals surface area contributed by atoms with Crippen molar-refractivity contribution in [2.24, 2.45) is 0 Å². The average molecular weight is 403 g/mol. The smallest absolute Gasteiger partial charge is 0.387 e. The molecule has 10 heteroatoms. The molecule has 1 heterocycles. The van der Waals surface area contributed by atoms with Crippen molar-refractivity contribution in [3.05, 3.63) is 59.9 Å². The van der Waals surface area contributed by atoms with Crippen LogP contribution in [-0.2, 0) is 17.6 Å². The number of aromatic nitrogens is 4. The lowest BCUT2D eigenvalue weighted by molar-refractivity contribution is -0.120. The number of nitrogens with one attached hydrogen (secondary N) is 1. The fourth-order valence-corrected chi connectivity index (χ4v) is 2.70. The maximum atomic E-state index is 12.5. The number of ether oxygens (including phenoxy) is 2. The van der Waals surface area contributed by atoms with Crippen molar-refractivity contribution in [3.63, 3.8) is 0 Å². The van der Waals surface area contributed by atoms with Crippen molar-refractivity contribution >= 4 is 5.91 Å². The van der Waals surface area contributed by atoms with Gasteiger partial charge in [-0.2, -0.15) is 8.78 Å². The highest BCUT2D eigenvalue weighted by molar-refractivity contribution is 5.78. The zero-order chi connectivity index (χ0) is 20.6. The molecule has 0 bridgehead atoms. The predicted molar refractivity (Wildman–Crippen MR) is 99.2 cm³/mol. The van der Waals surface area contributed by atoms with E-state index in [4.69, 9.17) is 4.74 Å². The molecule has 0 radical (unpaired) electrons. The summed E-state index contributed by atoms with van der Waals surface area (Å²) in [5, 5.41) is 13.8. The molecular formula is C19H19F2N5O3. The Labute approximate surface area is 165 Å². The predicted octanol–water partition coefficient (Wildman–Crippen LogP) is 2.17. The molecule has 0 saturated carbocycles. The lowest BCUT2D eigenvalue weighted by atomic mass is 10.1. The number of benzene rings is 2.